The van der Waals surface area contributed by atoms with E-state index in [1.165, 1.54) is 5.56 Å². The Balaban J connectivity index is 2.52. The first-order valence-corrected chi connectivity index (χ1v) is 7.10. The van der Waals surface area contributed by atoms with Gasteiger partial charge in [0.05, 0.1) is 0 Å². The minimum Gasteiger partial charge on any atom is -0.481 e. The van der Waals surface area contributed by atoms with Crippen molar-refractivity contribution in [2.24, 2.45) is 0 Å². The zero-order chi connectivity index (χ0) is 15.2. The number of benzene rings is 1. The van der Waals surface area contributed by atoms with E-state index in [1.807, 2.05) is 31.2 Å². The van der Waals surface area contributed by atoms with Crippen molar-refractivity contribution in [2.75, 3.05) is 6.54 Å². The van der Waals surface area contributed by atoms with Crippen LogP contribution in [0.3, 0.4) is 0 Å². The highest BCUT2D eigenvalue weighted by Crippen LogP contribution is 2.14. The number of carbonyl (C=O) groups excluding carboxylic acids is 1. The predicted octanol–water partition coefficient (Wildman–Crippen LogP) is 2.48. The number of rotatable bonds is 6. The van der Waals surface area contributed by atoms with Crippen molar-refractivity contribution in [3.63, 3.8) is 0 Å². The van der Waals surface area contributed by atoms with Crippen molar-refractivity contribution in [1.82, 2.24) is 10.6 Å². The second kappa shape index (κ2) is 7.29. The average Bonchev–Trinajstić information content (AvgIpc) is 2.37. The van der Waals surface area contributed by atoms with Gasteiger partial charge in [0.25, 0.3) is 5.91 Å². The molecule has 112 valence electrons. The molecule has 20 heavy (non-hydrogen) atoms. The normalized spacial score (nSPS) is 12.8. The summed E-state index contributed by atoms with van der Waals surface area (Å²) in [5, 5.41) is 6.17. The zero-order valence-electron chi connectivity index (χ0n) is 13.1. The molecule has 0 aliphatic heterocycles. The fraction of sp³-hybridized carbons (Fsp3) is 0.562. The summed E-state index contributed by atoms with van der Waals surface area (Å²) in [6.07, 6.45) is -0.478. The quantitative estimate of drug-likeness (QED) is 0.840. The lowest BCUT2D eigenvalue weighted by molar-refractivity contribution is -0.127. The van der Waals surface area contributed by atoms with Gasteiger partial charge in [0.2, 0.25) is 0 Å². The SMILES string of the molecule is CCNC(=O)C(C)Oc1ccc(CNC(C)(C)C)cc1. The lowest BCUT2D eigenvalue weighted by Gasteiger charge is -2.20. The summed E-state index contributed by atoms with van der Waals surface area (Å²) in [5.41, 5.74) is 1.29. The Morgan fingerprint density at radius 2 is 1.85 bits per heavy atom. The van der Waals surface area contributed by atoms with Crippen LogP contribution >= 0.6 is 0 Å². The van der Waals surface area contributed by atoms with Crippen LogP contribution in [0.2, 0.25) is 0 Å². The van der Waals surface area contributed by atoms with E-state index in [2.05, 4.69) is 31.4 Å². The molecule has 1 atom stereocenters. The molecule has 0 heterocycles. The van der Waals surface area contributed by atoms with Crippen LogP contribution < -0.4 is 15.4 Å². The maximum Gasteiger partial charge on any atom is 0.260 e. The molecule has 0 saturated carbocycles. The van der Waals surface area contributed by atoms with Gasteiger partial charge in [-0.3, -0.25) is 4.79 Å². The Morgan fingerprint density at radius 3 is 2.35 bits per heavy atom. The van der Waals surface area contributed by atoms with Gasteiger partial charge < -0.3 is 15.4 Å². The molecule has 1 aromatic carbocycles. The molecule has 0 saturated heterocycles. The maximum absolute atomic E-state index is 11.6. The van der Waals surface area contributed by atoms with E-state index >= 15 is 0 Å². The number of ether oxygens (including phenoxy) is 1. The topological polar surface area (TPSA) is 50.4 Å². The summed E-state index contributed by atoms with van der Waals surface area (Å²) in [5.74, 6) is 0.620. The van der Waals surface area contributed by atoms with E-state index in [0.29, 0.717) is 12.3 Å². The van der Waals surface area contributed by atoms with Gasteiger partial charge >= 0.3 is 0 Å². The number of hydrogen-bond donors (Lipinski definition) is 2. The van der Waals surface area contributed by atoms with E-state index in [4.69, 9.17) is 4.74 Å². The molecule has 0 fully saturated rings. The first kappa shape index (κ1) is 16.5. The van der Waals surface area contributed by atoms with E-state index in [1.54, 1.807) is 6.92 Å². The lowest BCUT2D eigenvalue weighted by atomic mass is 10.1. The molecule has 1 rings (SSSR count). The summed E-state index contributed by atoms with van der Waals surface area (Å²) in [6, 6.07) is 7.82. The van der Waals surface area contributed by atoms with Gasteiger partial charge in [-0.25, -0.2) is 0 Å². The van der Waals surface area contributed by atoms with Crippen LogP contribution in [0.5, 0.6) is 5.75 Å². The molecule has 0 spiro atoms. The molecule has 0 aromatic heterocycles. The molecular formula is C16H26N2O2. The molecule has 1 aromatic rings. The second-order valence-electron chi connectivity index (χ2n) is 5.90. The van der Waals surface area contributed by atoms with Crippen molar-refractivity contribution in [1.29, 1.82) is 0 Å². The smallest absolute Gasteiger partial charge is 0.260 e. The Bertz CT molecular complexity index is 421. The van der Waals surface area contributed by atoms with Crippen LogP contribution in [0.4, 0.5) is 0 Å². The van der Waals surface area contributed by atoms with E-state index in [0.717, 1.165) is 6.54 Å². The number of likely N-dealkylation sites (N-methyl/N-ethyl adjacent to an activating group) is 1. The first-order valence-electron chi connectivity index (χ1n) is 7.10. The molecule has 4 heteroatoms. The fourth-order valence-electron chi connectivity index (χ4n) is 1.63. The Labute approximate surface area is 121 Å². The number of nitrogens with one attached hydrogen (secondary N) is 2. The van der Waals surface area contributed by atoms with Crippen LogP contribution in [0.25, 0.3) is 0 Å². The van der Waals surface area contributed by atoms with Crippen molar-refractivity contribution in [3.05, 3.63) is 29.8 Å². The van der Waals surface area contributed by atoms with Gasteiger partial charge in [-0.1, -0.05) is 12.1 Å². The Morgan fingerprint density at radius 1 is 1.25 bits per heavy atom. The highest BCUT2D eigenvalue weighted by atomic mass is 16.5. The van der Waals surface area contributed by atoms with Crippen molar-refractivity contribution in [3.8, 4) is 5.75 Å². The van der Waals surface area contributed by atoms with Crippen LogP contribution in [0.15, 0.2) is 24.3 Å². The zero-order valence-corrected chi connectivity index (χ0v) is 13.1. The van der Waals surface area contributed by atoms with Crippen LogP contribution in [0.1, 0.15) is 40.2 Å². The molecule has 0 aliphatic rings. The van der Waals surface area contributed by atoms with Gasteiger partial charge in [-0.2, -0.15) is 0 Å². The van der Waals surface area contributed by atoms with E-state index < -0.39 is 6.10 Å². The fourth-order valence-corrected chi connectivity index (χ4v) is 1.63. The van der Waals surface area contributed by atoms with Crippen molar-refractivity contribution < 1.29 is 9.53 Å². The highest BCUT2D eigenvalue weighted by Gasteiger charge is 2.13. The lowest BCUT2D eigenvalue weighted by Crippen LogP contribution is -2.36. The van der Waals surface area contributed by atoms with E-state index in [9.17, 15) is 4.79 Å². The van der Waals surface area contributed by atoms with Crippen LogP contribution in [-0.4, -0.2) is 24.1 Å². The van der Waals surface area contributed by atoms with Gasteiger partial charge in [0.1, 0.15) is 5.75 Å². The Hall–Kier alpha value is -1.55. The summed E-state index contributed by atoms with van der Waals surface area (Å²) in [7, 11) is 0. The van der Waals surface area contributed by atoms with Crippen molar-refractivity contribution in [2.45, 2.75) is 52.8 Å². The largest absolute Gasteiger partial charge is 0.481 e. The number of carbonyl (C=O) groups is 1. The second-order valence-corrected chi connectivity index (χ2v) is 5.90. The third kappa shape index (κ3) is 6.06. The van der Waals surface area contributed by atoms with Gasteiger partial charge in [0, 0.05) is 18.6 Å². The molecule has 0 radical (unpaired) electrons. The molecule has 0 aliphatic carbocycles. The molecule has 2 N–H and O–H groups in total. The van der Waals surface area contributed by atoms with Gasteiger partial charge in [-0.05, 0) is 52.3 Å². The first-order chi connectivity index (χ1) is 9.31. The van der Waals surface area contributed by atoms with E-state index in [-0.39, 0.29) is 11.4 Å². The van der Waals surface area contributed by atoms with Crippen LogP contribution in [-0.2, 0) is 11.3 Å². The molecule has 1 unspecified atom stereocenters. The summed E-state index contributed by atoms with van der Waals surface area (Å²) >= 11 is 0. The summed E-state index contributed by atoms with van der Waals surface area (Å²) < 4.78 is 5.60. The summed E-state index contributed by atoms with van der Waals surface area (Å²) in [6.45, 7) is 11.5. The maximum atomic E-state index is 11.6. The minimum atomic E-state index is -0.478. The average molecular weight is 278 g/mol. The molecule has 4 nitrogen and oxygen atoms in total. The molecule has 1 amide bonds. The van der Waals surface area contributed by atoms with Gasteiger partial charge in [0.15, 0.2) is 6.10 Å². The Kier molecular flexibility index (Phi) is 6.02. The van der Waals surface area contributed by atoms with Crippen LogP contribution in [0, 0.1) is 0 Å². The number of amides is 1. The standard InChI is InChI=1S/C16H26N2O2/c1-6-17-15(19)12(2)20-14-9-7-13(8-10-14)11-18-16(3,4)5/h7-10,12,18H,6,11H2,1-5H3,(H,17,19). The molecular weight excluding hydrogens is 252 g/mol. The van der Waals surface area contributed by atoms with Crippen molar-refractivity contribution >= 4 is 5.91 Å². The number of hydrogen-bond acceptors (Lipinski definition) is 3. The summed E-state index contributed by atoms with van der Waals surface area (Å²) in [4.78, 5) is 11.6. The monoisotopic (exact) mass is 278 g/mol. The highest BCUT2D eigenvalue weighted by molar-refractivity contribution is 5.80. The molecule has 0 bridgehead atoms. The third-order valence-electron chi connectivity index (χ3n) is 2.78. The van der Waals surface area contributed by atoms with Gasteiger partial charge in [-0.15, -0.1) is 0 Å². The minimum absolute atomic E-state index is 0.0917. The predicted molar refractivity (Wildman–Crippen MR) is 81.8 cm³/mol. The third-order valence-corrected chi connectivity index (χ3v) is 2.78.